The van der Waals surface area contributed by atoms with Gasteiger partial charge in [0.05, 0.1) is 25.2 Å². The van der Waals surface area contributed by atoms with Gasteiger partial charge in [-0.3, -0.25) is 14.8 Å². The highest BCUT2D eigenvalue weighted by molar-refractivity contribution is 5.83. The highest BCUT2D eigenvalue weighted by Crippen LogP contribution is 2.47. The van der Waals surface area contributed by atoms with Crippen molar-refractivity contribution in [3.63, 3.8) is 0 Å². The molecule has 1 amide bonds. The maximum atomic E-state index is 13.4. The van der Waals surface area contributed by atoms with Crippen LogP contribution in [-0.4, -0.2) is 82.9 Å². The number of carbonyl (C=O) groups excluding carboxylic acids is 1. The molecule has 2 saturated heterocycles. The Hall–Kier alpha value is -1.51. The zero-order chi connectivity index (χ0) is 18.7. The van der Waals surface area contributed by atoms with Crippen molar-refractivity contribution in [2.24, 2.45) is 11.3 Å². The second-order valence-electron chi connectivity index (χ2n) is 8.20. The summed E-state index contributed by atoms with van der Waals surface area (Å²) in [5.74, 6) is 1.36. The summed E-state index contributed by atoms with van der Waals surface area (Å²) >= 11 is 0. The third-order valence-electron chi connectivity index (χ3n) is 6.90. The quantitative estimate of drug-likeness (QED) is 0.784. The van der Waals surface area contributed by atoms with Crippen molar-refractivity contribution in [2.75, 3.05) is 45.9 Å². The van der Waals surface area contributed by atoms with Crippen molar-refractivity contribution < 1.29 is 9.53 Å². The number of ether oxygens (including phenoxy) is 1. The second kappa shape index (κ2) is 8.24. The molecule has 3 atom stereocenters. The van der Waals surface area contributed by atoms with E-state index in [1.54, 1.807) is 0 Å². The van der Waals surface area contributed by atoms with E-state index in [1.165, 1.54) is 6.33 Å². The molecule has 1 saturated carbocycles. The lowest BCUT2D eigenvalue weighted by molar-refractivity contribution is -0.145. The summed E-state index contributed by atoms with van der Waals surface area (Å²) < 4.78 is 5.52. The molecule has 1 aromatic heterocycles. The van der Waals surface area contributed by atoms with Gasteiger partial charge in [0.2, 0.25) is 5.91 Å². The van der Waals surface area contributed by atoms with E-state index in [0.29, 0.717) is 24.3 Å². The lowest BCUT2D eigenvalue weighted by Gasteiger charge is -2.53. The molecule has 1 aromatic rings. The zero-order valence-corrected chi connectivity index (χ0v) is 16.3. The number of piperidine rings is 1. The molecule has 0 aromatic carbocycles. The van der Waals surface area contributed by atoms with Crippen LogP contribution in [0.1, 0.15) is 38.4 Å². The van der Waals surface area contributed by atoms with E-state index in [2.05, 4.69) is 37.2 Å². The molecule has 2 aliphatic heterocycles. The highest BCUT2D eigenvalue weighted by Gasteiger charge is 2.52. The molecule has 0 bridgehead atoms. The van der Waals surface area contributed by atoms with Crippen LogP contribution >= 0.6 is 0 Å². The van der Waals surface area contributed by atoms with Gasteiger partial charge in [-0.25, -0.2) is 4.98 Å². The van der Waals surface area contributed by atoms with Crippen LogP contribution in [0.2, 0.25) is 0 Å². The fraction of sp³-hybridized carbons (Fsp3) is 0.842. The number of nitrogens with zero attached hydrogens (tertiary/aromatic N) is 4. The Morgan fingerprint density at radius 3 is 2.96 bits per heavy atom. The van der Waals surface area contributed by atoms with Gasteiger partial charge >= 0.3 is 0 Å². The highest BCUT2D eigenvalue weighted by atomic mass is 16.5. The number of fused-ring (bicyclic) bond motifs is 1. The van der Waals surface area contributed by atoms with Crippen LogP contribution in [0.3, 0.4) is 0 Å². The van der Waals surface area contributed by atoms with E-state index in [4.69, 9.17) is 4.74 Å². The van der Waals surface area contributed by atoms with E-state index in [0.717, 1.165) is 71.6 Å². The maximum absolute atomic E-state index is 13.4. The number of aromatic nitrogens is 3. The van der Waals surface area contributed by atoms with Crippen molar-refractivity contribution in [1.82, 2.24) is 30.3 Å². The Morgan fingerprint density at radius 2 is 2.22 bits per heavy atom. The summed E-state index contributed by atoms with van der Waals surface area (Å²) in [7, 11) is 0. The fourth-order valence-electron chi connectivity index (χ4n) is 5.29. The molecule has 4 rings (SSSR count). The number of nitrogens with one attached hydrogen (secondary N) is 2. The molecular formula is C19H32N6O2. The topological polar surface area (TPSA) is 86.4 Å². The van der Waals surface area contributed by atoms with Gasteiger partial charge < -0.3 is 15.0 Å². The number of H-pyrrole nitrogens is 1. The van der Waals surface area contributed by atoms with Crippen molar-refractivity contribution in [3.8, 4) is 0 Å². The van der Waals surface area contributed by atoms with E-state index < -0.39 is 0 Å². The minimum Gasteiger partial charge on any atom is -0.379 e. The molecule has 3 heterocycles. The average Bonchev–Trinajstić information content (AvgIpc) is 3.25. The molecule has 8 heteroatoms. The predicted octanol–water partition coefficient (Wildman–Crippen LogP) is 0.634. The zero-order valence-electron chi connectivity index (χ0n) is 16.3. The van der Waals surface area contributed by atoms with E-state index in [-0.39, 0.29) is 11.3 Å². The standard InChI is InChI=1S/C19H32N6O2/c1-2-24-6-4-15-11-16(25-7-9-27-10-8-25)3-5-19(15,13-24)18(26)20-12-17-21-14-22-23-17/h14-16H,2-13H2,1H3,(H,20,26)(H,21,22,23)/t15-,16+,19-/m1/s1. The van der Waals surface area contributed by atoms with Crippen LogP contribution < -0.4 is 5.32 Å². The Morgan fingerprint density at radius 1 is 1.37 bits per heavy atom. The normalized spacial score (nSPS) is 32.8. The summed E-state index contributed by atoms with van der Waals surface area (Å²) in [4.78, 5) is 22.5. The van der Waals surface area contributed by atoms with Crippen molar-refractivity contribution in [2.45, 2.75) is 45.2 Å². The van der Waals surface area contributed by atoms with E-state index >= 15 is 0 Å². The molecule has 3 fully saturated rings. The number of carbonyl (C=O) groups is 1. The largest absolute Gasteiger partial charge is 0.379 e. The van der Waals surface area contributed by atoms with Crippen molar-refractivity contribution >= 4 is 5.91 Å². The summed E-state index contributed by atoms with van der Waals surface area (Å²) in [6.45, 7) is 9.36. The Bertz CT molecular complexity index is 618. The van der Waals surface area contributed by atoms with E-state index in [9.17, 15) is 4.79 Å². The number of amides is 1. The molecule has 27 heavy (non-hydrogen) atoms. The summed E-state index contributed by atoms with van der Waals surface area (Å²) in [6.07, 6.45) is 5.80. The monoisotopic (exact) mass is 376 g/mol. The summed E-state index contributed by atoms with van der Waals surface area (Å²) in [5, 5.41) is 9.85. The van der Waals surface area contributed by atoms with Crippen LogP contribution in [0.4, 0.5) is 0 Å². The average molecular weight is 377 g/mol. The molecule has 3 aliphatic rings. The number of morpholine rings is 1. The van der Waals surface area contributed by atoms with Gasteiger partial charge in [-0.05, 0) is 44.7 Å². The van der Waals surface area contributed by atoms with Crippen LogP contribution in [0.15, 0.2) is 6.33 Å². The molecule has 0 spiro atoms. The van der Waals surface area contributed by atoms with Crippen molar-refractivity contribution in [1.29, 1.82) is 0 Å². The first-order valence-corrected chi connectivity index (χ1v) is 10.4. The summed E-state index contributed by atoms with van der Waals surface area (Å²) in [5.41, 5.74) is -0.267. The number of hydrogen-bond donors (Lipinski definition) is 2. The maximum Gasteiger partial charge on any atom is 0.228 e. The van der Waals surface area contributed by atoms with Crippen LogP contribution in [0.5, 0.6) is 0 Å². The third-order valence-corrected chi connectivity index (χ3v) is 6.90. The van der Waals surface area contributed by atoms with Crippen molar-refractivity contribution in [3.05, 3.63) is 12.2 Å². The molecule has 1 aliphatic carbocycles. The summed E-state index contributed by atoms with van der Waals surface area (Å²) in [6, 6.07) is 0.599. The lowest BCUT2D eigenvalue weighted by atomic mass is 9.61. The second-order valence-corrected chi connectivity index (χ2v) is 8.20. The Labute approximate surface area is 161 Å². The molecule has 8 nitrogen and oxygen atoms in total. The molecular weight excluding hydrogens is 344 g/mol. The Kier molecular flexibility index (Phi) is 5.75. The molecule has 0 radical (unpaired) electrons. The van der Waals surface area contributed by atoms with Gasteiger partial charge in [0.25, 0.3) is 0 Å². The van der Waals surface area contributed by atoms with Gasteiger partial charge in [0, 0.05) is 25.7 Å². The van der Waals surface area contributed by atoms with Crippen LogP contribution in [0, 0.1) is 11.3 Å². The van der Waals surface area contributed by atoms with Gasteiger partial charge in [-0.2, -0.15) is 5.10 Å². The first-order chi connectivity index (χ1) is 13.2. The van der Waals surface area contributed by atoms with Gasteiger partial charge in [0.1, 0.15) is 12.2 Å². The molecule has 150 valence electrons. The van der Waals surface area contributed by atoms with Crippen LogP contribution in [0.25, 0.3) is 0 Å². The number of aromatic amines is 1. The number of hydrogen-bond acceptors (Lipinski definition) is 6. The molecule has 0 unspecified atom stereocenters. The Balaban J connectivity index is 1.46. The first-order valence-electron chi connectivity index (χ1n) is 10.4. The number of rotatable bonds is 5. The predicted molar refractivity (Wildman–Crippen MR) is 101 cm³/mol. The molecule has 2 N–H and O–H groups in total. The van der Waals surface area contributed by atoms with Gasteiger partial charge in [-0.15, -0.1) is 0 Å². The van der Waals surface area contributed by atoms with E-state index in [1.807, 2.05) is 0 Å². The van der Waals surface area contributed by atoms with Gasteiger partial charge in [0.15, 0.2) is 0 Å². The van der Waals surface area contributed by atoms with Gasteiger partial charge in [-0.1, -0.05) is 6.92 Å². The minimum atomic E-state index is -0.267. The first kappa shape index (κ1) is 18.8. The fourth-order valence-corrected chi connectivity index (χ4v) is 5.29. The van der Waals surface area contributed by atoms with Crippen LogP contribution in [-0.2, 0) is 16.1 Å². The lowest BCUT2D eigenvalue weighted by Crippen LogP contribution is -2.60. The number of likely N-dealkylation sites (tertiary alicyclic amines) is 1. The minimum absolute atomic E-state index is 0.197. The third kappa shape index (κ3) is 3.88. The SMILES string of the molecule is CCN1CC[C@@H]2C[C@@H](N3CCOCC3)CC[C@@]2(C(=O)NCc2ncn[nH]2)C1. The smallest absolute Gasteiger partial charge is 0.228 e.